The maximum absolute atomic E-state index is 12.6. The molecule has 5 nitrogen and oxygen atoms in total. The van der Waals surface area contributed by atoms with E-state index in [-0.39, 0.29) is 11.8 Å². The van der Waals surface area contributed by atoms with Crippen LogP contribution in [0.2, 0.25) is 0 Å². The summed E-state index contributed by atoms with van der Waals surface area (Å²) in [4.78, 5) is 26.9. The molecule has 1 saturated carbocycles. The lowest BCUT2D eigenvalue weighted by Gasteiger charge is -2.15. The number of benzene rings is 1. The van der Waals surface area contributed by atoms with Crippen LogP contribution in [0.1, 0.15) is 44.1 Å². The van der Waals surface area contributed by atoms with E-state index in [0.717, 1.165) is 24.2 Å². The van der Waals surface area contributed by atoms with Gasteiger partial charge in [-0.2, -0.15) is 0 Å². The Morgan fingerprint density at radius 3 is 2.93 bits per heavy atom. The van der Waals surface area contributed by atoms with Gasteiger partial charge in [0.1, 0.15) is 10.1 Å². The van der Waals surface area contributed by atoms with E-state index in [9.17, 15) is 9.59 Å². The summed E-state index contributed by atoms with van der Waals surface area (Å²) in [6.07, 6.45) is 7.40. The van der Waals surface area contributed by atoms with E-state index < -0.39 is 0 Å². The molecule has 2 fully saturated rings. The van der Waals surface area contributed by atoms with Crippen LogP contribution in [0.5, 0.6) is 5.75 Å². The predicted octanol–water partition coefficient (Wildman–Crippen LogP) is 3.74. The van der Waals surface area contributed by atoms with Crippen LogP contribution in [0.3, 0.4) is 0 Å². The highest BCUT2D eigenvalue weighted by atomic mass is 32.2. The summed E-state index contributed by atoms with van der Waals surface area (Å²) in [5.74, 6) is 0.718. The Hall–Kier alpha value is -1.86. The van der Waals surface area contributed by atoms with Crippen molar-refractivity contribution in [2.75, 3.05) is 13.7 Å². The van der Waals surface area contributed by atoms with Gasteiger partial charge in [-0.05, 0) is 43.0 Å². The van der Waals surface area contributed by atoms with Crippen molar-refractivity contribution in [1.82, 2.24) is 10.2 Å². The summed E-state index contributed by atoms with van der Waals surface area (Å²) in [6, 6.07) is 7.87. The van der Waals surface area contributed by atoms with Gasteiger partial charge in [-0.15, -0.1) is 0 Å². The van der Waals surface area contributed by atoms with Crippen LogP contribution in [0.15, 0.2) is 29.2 Å². The molecule has 0 atom stereocenters. The van der Waals surface area contributed by atoms with Crippen LogP contribution >= 0.6 is 24.0 Å². The van der Waals surface area contributed by atoms with Gasteiger partial charge in [-0.25, -0.2) is 0 Å². The van der Waals surface area contributed by atoms with Crippen LogP contribution in [0, 0.1) is 0 Å². The summed E-state index contributed by atoms with van der Waals surface area (Å²) < 4.78 is 5.76. The molecule has 1 N–H and O–H groups in total. The first kappa shape index (κ1) is 19.9. The molecule has 2 aliphatic rings. The molecular formula is C20H24N2O3S2. The number of hydrogen-bond donors (Lipinski definition) is 1. The largest absolute Gasteiger partial charge is 0.497 e. The monoisotopic (exact) mass is 404 g/mol. The number of amides is 2. The van der Waals surface area contributed by atoms with Crippen molar-refractivity contribution in [3.05, 3.63) is 34.7 Å². The van der Waals surface area contributed by atoms with Crippen LogP contribution in [-0.2, 0) is 9.59 Å². The average molecular weight is 405 g/mol. The molecule has 1 aromatic rings. The van der Waals surface area contributed by atoms with Crippen molar-refractivity contribution in [2.45, 2.75) is 44.6 Å². The molecule has 1 heterocycles. The van der Waals surface area contributed by atoms with Crippen molar-refractivity contribution in [2.24, 2.45) is 0 Å². The topological polar surface area (TPSA) is 58.6 Å². The fourth-order valence-corrected chi connectivity index (χ4v) is 4.65. The molecule has 2 amide bonds. The smallest absolute Gasteiger partial charge is 0.266 e. The van der Waals surface area contributed by atoms with E-state index in [1.54, 1.807) is 12.0 Å². The fourth-order valence-electron chi connectivity index (χ4n) is 3.34. The molecule has 1 aliphatic carbocycles. The van der Waals surface area contributed by atoms with E-state index in [0.29, 0.717) is 34.7 Å². The van der Waals surface area contributed by atoms with Crippen LogP contribution in [0.25, 0.3) is 6.08 Å². The molecule has 1 saturated heterocycles. The summed E-state index contributed by atoms with van der Waals surface area (Å²) in [5, 5.41) is 3.08. The van der Waals surface area contributed by atoms with Crippen molar-refractivity contribution >= 4 is 46.2 Å². The predicted molar refractivity (Wildman–Crippen MR) is 113 cm³/mol. The number of ether oxygens (including phenoxy) is 1. The fraction of sp³-hybridized carbons (Fsp3) is 0.450. The first-order valence-corrected chi connectivity index (χ1v) is 10.5. The van der Waals surface area contributed by atoms with E-state index >= 15 is 0 Å². The summed E-state index contributed by atoms with van der Waals surface area (Å²) in [7, 11) is 1.61. The third-order valence-electron chi connectivity index (χ3n) is 4.77. The van der Waals surface area contributed by atoms with Crippen LogP contribution in [0.4, 0.5) is 0 Å². The van der Waals surface area contributed by atoms with Gasteiger partial charge >= 0.3 is 0 Å². The molecule has 7 heteroatoms. The Labute approximate surface area is 169 Å². The minimum Gasteiger partial charge on any atom is -0.497 e. The number of carbonyl (C=O) groups is 2. The lowest BCUT2D eigenvalue weighted by Crippen LogP contribution is -2.34. The lowest BCUT2D eigenvalue weighted by atomic mass is 10.2. The molecule has 1 aliphatic heterocycles. The first-order chi connectivity index (χ1) is 13.1. The second-order valence-electron chi connectivity index (χ2n) is 6.76. The van der Waals surface area contributed by atoms with Gasteiger partial charge in [0.2, 0.25) is 5.91 Å². The Morgan fingerprint density at radius 2 is 2.19 bits per heavy atom. The highest BCUT2D eigenvalue weighted by Gasteiger charge is 2.31. The third kappa shape index (κ3) is 5.32. The minimum absolute atomic E-state index is 0.0688. The maximum atomic E-state index is 12.6. The van der Waals surface area contributed by atoms with Gasteiger partial charge in [-0.1, -0.05) is 49.0 Å². The summed E-state index contributed by atoms with van der Waals surface area (Å²) in [6.45, 7) is 0.470. The Kier molecular flexibility index (Phi) is 6.90. The first-order valence-electron chi connectivity index (χ1n) is 9.25. The van der Waals surface area contributed by atoms with Crippen molar-refractivity contribution in [3.63, 3.8) is 0 Å². The summed E-state index contributed by atoms with van der Waals surface area (Å²) >= 11 is 6.66. The molecule has 0 spiro atoms. The average Bonchev–Trinajstić information content (AvgIpc) is 3.25. The van der Waals surface area contributed by atoms with Crippen molar-refractivity contribution in [1.29, 1.82) is 0 Å². The number of hydrogen-bond acceptors (Lipinski definition) is 5. The van der Waals surface area contributed by atoms with Gasteiger partial charge in [-0.3, -0.25) is 14.5 Å². The molecule has 3 rings (SSSR count). The second-order valence-corrected chi connectivity index (χ2v) is 8.44. The molecule has 0 bridgehead atoms. The van der Waals surface area contributed by atoms with Crippen LogP contribution < -0.4 is 10.1 Å². The molecular weight excluding hydrogens is 380 g/mol. The molecule has 1 aromatic carbocycles. The standard InChI is InChI=1S/C20H24N2O3S2/c1-25-16-9-4-6-14(12-16)13-17-19(24)22(20(26)27-17)11-5-10-18(23)21-15-7-2-3-8-15/h4,6,9,12-13,15H,2-3,5,7-8,10-11H2,1H3,(H,21,23). The lowest BCUT2D eigenvalue weighted by molar-refractivity contribution is -0.124. The van der Waals surface area contributed by atoms with Crippen molar-refractivity contribution in [3.8, 4) is 5.75 Å². The van der Waals surface area contributed by atoms with Gasteiger partial charge < -0.3 is 10.1 Å². The number of rotatable bonds is 7. The van der Waals surface area contributed by atoms with Gasteiger partial charge in [0, 0.05) is 19.0 Å². The normalized spacial score (nSPS) is 19.1. The summed E-state index contributed by atoms with van der Waals surface area (Å²) in [5.41, 5.74) is 0.894. The number of methoxy groups -OCH3 is 1. The Morgan fingerprint density at radius 1 is 1.41 bits per heavy atom. The quantitative estimate of drug-likeness (QED) is 0.554. The maximum Gasteiger partial charge on any atom is 0.266 e. The molecule has 27 heavy (non-hydrogen) atoms. The van der Waals surface area contributed by atoms with E-state index in [4.69, 9.17) is 17.0 Å². The highest BCUT2D eigenvalue weighted by molar-refractivity contribution is 8.26. The van der Waals surface area contributed by atoms with Gasteiger partial charge in [0.15, 0.2) is 0 Å². The molecule has 0 unspecified atom stereocenters. The third-order valence-corrected chi connectivity index (χ3v) is 6.15. The highest BCUT2D eigenvalue weighted by Crippen LogP contribution is 2.33. The van der Waals surface area contributed by atoms with E-state index in [1.165, 1.54) is 24.6 Å². The molecule has 144 valence electrons. The second kappa shape index (κ2) is 9.37. The van der Waals surface area contributed by atoms with Crippen LogP contribution in [-0.4, -0.2) is 40.7 Å². The Bertz CT molecular complexity index is 757. The van der Waals surface area contributed by atoms with E-state index in [1.807, 2.05) is 30.3 Å². The molecule has 0 aromatic heterocycles. The minimum atomic E-state index is -0.0935. The SMILES string of the molecule is COc1cccc(C=C2SC(=S)N(CCCC(=O)NC3CCCC3)C2=O)c1. The van der Waals surface area contributed by atoms with Crippen molar-refractivity contribution < 1.29 is 14.3 Å². The zero-order chi connectivity index (χ0) is 19.2. The number of nitrogens with one attached hydrogen (secondary N) is 1. The number of nitrogens with zero attached hydrogens (tertiary/aromatic N) is 1. The number of thiocarbonyl (C=S) groups is 1. The van der Waals surface area contributed by atoms with E-state index in [2.05, 4.69) is 5.32 Å². The number of carbonyl (C=O) groups excluding carboxylic acids is 2. The number of thioether (sulfide) groups is 1. The van der Waals surface area contributed by atoms with Gasteiger partial charge in [0.25, 0.3) is 5.91 Å². The zero-order valence-electron chi connectivity index (χ0n) is 15.4. The molecule has 0 radical (unpaired) electrons. The Balaban J connectivity index is 1.52. The zero-order valence-corrected chi connectivity index (χ0v) is 17.0. The van der Waals surface area contributed by atoms with Gasteiger partial charge in [0.05, 0.1) is 12.0 Å².